The molecule has 1 aromatic rings. The highest BCUT2D eigenvalue weighted by Crippen LogP contribution is 2.26. The normalized spacial score (nSPS) is 11.1. The van der Waals surface area contributed by atoms with Gasteiger partial charge in [0.2, 0.25) is 5.82 Å². The summed E-state index contributed by atoms with van der Waals surface area (Å²) in [7, 11) is -5.52. The second-order valence-electron chi connectivity index (χ2n) is 2.37. The topological polar surface area (TPSA) is 54.4 Å². The first kappa shape index (κ1) is 14.8. The Hall–Kier alpha value is -1.16. The third-order valence-electron chi connectivity index (χ3n) is 1.43. The molecule has 1 aromatic carbocycles. The smallest absolute Gasteiger partial charge is 0.282 e. The molecule has 0 amide bonds. The lowest BCUT2D eigenvalue weighted by Gasteiger charge is -2.04. The Balaban J connectivity index is 0.00000225. The van der Waals surface area contributed by atoms with Crippen LogP contribution in [0.15, 0.2) is 4.90 Å². The fourth-order valence-electron chi connectivity index (χ4n) is 0.811. The SMILES string of the molecule is O=S(=O)(O)c1c(F)c(F)c(F)c(F)c1F.[B]. The summed E-state index contributed by atoms with van der Waals surface area (Å²) in [5.74, 6) is -12.6. The Bertz CT molecular complexity index is 500. The zero-order valence-corrected chi connectivity index (χ0v) is 7.96. The van der Waals surface area contributed by atoms with Crippen molar-refractivity contribution in [3.05, 3.63) is 29.1 Å². The number of hydrogen-bond acceptors (Lipinski definition) is 2. The lowest BCUT2D eigenvalue weighted by atomic mass is 10.3. The van der Waals surface area contributed by atoms with Crippen LogP contribution in [-0.4, -0.2) is 21.4 Å². The fourth-order valence-corrected chi connectivity index (χ4v) is 1.44. The minimum Gasteiger partial charge on any atom is -0.282 e. The maximum Gasteiger partial charge on any atom is 0.300 e. The van der Waals surface area contributed by atoms with E-state index in [1.807, 2.05) is 0 Å². The van der Waals surface area contributed by atoms with Crippen molar-refractivity contribution < 1.29 is 34.9 Å². The van der Waals surface area contributed by atoms with Gasteiger partial charge in [-0.3, -0.25) is 4.55 Å². The van der Waals surface area contributed by atoms with Gasteiger partial charge in [0.1, 0.15) is 0 Å². The molecular weight excluding hydrogens is 258 g/mol. The van der Waals surface area contributed by atoms with Gasteiger partial charge >= 0.3 is 10.1 Å². The van der Waals surface area contributed by atoms with Crippen LogP contribution in [0.4, 0.5) is 22.0 Å². The third-order valence-corrected chi connectivity index (χ3v) is 2.30. The van der Waals surface area contributed by atoms with E-state index in [4.69, 9.17) is 4.55 Å². The molecule has 0 spiro atoms. The number of halogens is 5. The van der Waals surface area contributed by atoms with Crippen molar-refractivity contribution in [2.45, 2.75) is 4.90 Å². The standard InChI is InChI=1S/C6HF5O3S.B/c7-1-2(8)4(10)6(15(12,13)14)5(11)3(1)9;/h(H,12,13,14);. The van der Waals surface area contributed by atoms with Crippen LogP contribution in [0.3, 0.4) is 0 Å². The predicted molar refractivity (Wildman–Crippen MR) is 41.8 cm³/mol. The van der Waals surface area contributed by atoms with E-state index < -0.39 is 44.1 Å². The molecule has 10 heteroatoms. The van der Waals surface area contributed by atoms with Crippen molar-refractivity contribution in [2.75, 3.05) is 0 Å². The van der Waals surface area contributed by atoms with E-state index in [2.05, 4.69) is 0 Å². The van der Waals surface area contributed by atoms with Gasteiger partial charge < -0.3 is 0 Å². The summed E-state index contributed by atoms with van der Waals surface area (Å²) in [5.41, 5.74) is 0. The Kier molecular flexibility index (Phi) is 4.06. The second kappa shape index (κ2) is 4.38. The molecule has 3 nitrogen and oxygen atoms in total. The molecule has 16 heavy (non-hydrogen) atoms. The van der Waals surface area contributed by atoms with Gasteiger partial charge in [0.25, 0.3) is 0 Å². The summed E-state index contributed by atoms with van der Waals surface area (Å²) in [6, 6.07) is 0. The Morgan fingerprint density at radius 1 is 0.750 bits per heavy atom. The third kappa shape index (κ3) is 2.17. The predicted octanol–water partition coefficient (Wildman–Crippen LogP) is 1.25. The van der Waals surface area contributed by atoms with E-state index in [9.17, 15) is 30.4 Å². The summed E-state index contributed by atoms with van der Waals surface area (Å²) in [6.45, 7) is 0. The van der Waals surface area contributed by atoms with Crippen molar-refractivity contribution in [3.8, 4) is 0 Å². The van der Waals surface area contributed by atoms with Crippen LogP contribution in [0.25, 0.3) is 0 Å². The summed E-state index contributed by atoms with van der Waals surface area (Å²) >= 11 is 0. The van der Waals surface area contributed by atoms with E-state index >= 15 is 0 Å². The maximum absolute atomic E-state index is 12.6. The molecule has 0 fully saturated rings. The average Bonchev–Trinajstić information content (AvgIpc) is 2.09. The molecule has 0 aromatic heterocycles. The Morgan fingerprint density at radius 2 is 1.00 bits per heavy atom. The van der Waals surface area contributed by atoms with E-state index in [1.54, 1.807) is 0 Å². The molecule has 0 aliphatic carbocycles. The van der Waals surface area contributed by atoms with E-state index in [-0.39, 0.29) is 8.41 Å². The molecule has 1 N–H and O–H groups in total. The van der Waals surface area contributed by atoms with Crippen LogP contribution in [0.5, 0.6) is 0 Å². The molecule has 87 valence electrons. The van der Waals surface area contributed by atoms with Gasteiger partial charge in [-0.15, -0.1) is 0 Å². The monoisotopic (exact) mass is 259 g/mol. The van der Waals surface area contributed by atoms with Crippen LogP contribution in [0.1, 0.15) is 0 Å². The Morgan fingerprint density at radius 3 is 1.25 bits per heavy atom. The number of rotatable bonds is 1. The van der Waals surface area contributed by atoms with E-state index in [0.717, 1.165) is 0 Å². The fraction of sp³-hybridized carbons (Fsp3) is 0. The summed E-state index contributed by atoms with van der Waals surface area (Å²) in [6.07, 6.45) is 0. The molecule has 1 rings (SSSR count). The lowest BCUT2D eigenvalue weighted by Crippen LogP contribution is -2.11. The van der Waals surface area contributed by atoms with E-state index in [0.29, 0.717) is 0 Å². The van der Waals surface area contributed by atoms with Crippen molar-refractivity contribution >= 4 is 18.5 Å². The minimum absolute atomic E-state index is 0. The molecule has 0 saturated heterocycles. The number of benzene rings is 1. The zero-order valence-electron chi connectivity index (χ0n) is 7.14. The summed E-state index contributed by atoms with van der Waals surface area (Å²) < 4.78 is 91.3. The van der Waals surface area contributed by atoms with Gasteiger partial charge in [-0.2, -0.15) is 8.42 Å². The van der Waals surface area contributed by atoms with Crippen LogP contribution in [0.2, 0.25) is 0 Å². The summed E-state index contributed by atoms with van der Waals surface area (Å²) in [5, 5.41) is 0. The van der Waals surface area contributed by atoms with Crippen molar-refractivity contribution in [2.24, 2.45) is 0 Å². The minimum atomic E-state index is -5.52. The summed E-state index contributed by atoms with van der Waals surface area (Å²) in [4.78, 5) is -2.26. The highest BCUT2D eigenvalue weighted by molar-refractivity contribution is 7.85. The van der Waals surface area contributed by atoms with Gasteiger partial charge in [0.15, 0.2) is 28.2 Å². The van der Waals surface area contributed by atoms with Gasteiger partial charge in [-0.25, -0.2) is 22.0 Å². The van der Waals surface area contributed by atoms with Crippen LogP contribution in [0, 0.1) is 29.1 Å². The number of hydrogen-bond donors (Lipinski definition) is 1. The van der Waals surface area contributed by atoms with Crippen LogP contribution >= 0.6 is 0 Å². The van der Waals surface area contributed by atoms with Gasteiger partial charge in [-0.1, -0.05) is 0 Å². The molecular formula is C6HBF5O3S. The first-order valence-electron chi connectivity index (χ1n) is 3.16. The van der Waals surface area contributed by atoms with Gasteiger partial charge in [0.05, 0.1) is 0 Å². The van der Waals surface area contributed by atoms with Gasteiger partial charge in [-0.05, 0) is 0 Å². The first-order chi connectivity index (χ1) is 6.68. The average molecular weight is 259 g/mol. The van der Waals surface area contributed by atoms with Crippen LogP contribution < -0.4 is 0 Å². The van der Waals surface area contributed by atoms with Crippen molar-refractivity contribution in [1.82, 2.24) is 0 Å². The highest BCUT2D eigenvalue weighted by Gasteiger charge is 2.32. The lowest BCUT2D eigenvalue weighted by molar-refractivity contribution is 0.352. The zero-order chi connectivity index (χ0) is 12.0. The molecule has 0 unspecified atom stereocenters. The van der Waals surface area contributed by atoms with Crippen molar-refractivity contribution in [3.63, 3.8) is 0 Å². The molecule has 3 radical (unpaired) electrons. The Labute approximate surface area is 88.2 Å². The largest absolute Gasteiger partial charge is 0.300 e. The maximum atomic E-state index is 12.6. The molecule has 0 atom stereocenters. The molecule has 0 saturated carbocycles. The molecule has 0 aliphatic heterocycles. The molecule has 0 heterocycles. The molecule has 0 aliphatic rings. The van der Waals surface area contributed by atoms with Crippen LogP contribution in [-0.2, 0) is 10.1 Å². The van der Waals surface area contributed by atoms with Gasteiger partial charge in [0, 0.05) is 8.41 Å². The molecule has 0 bridgehead atoms. The highest BCUT2D eigenvalue weighted by atomic mass is 32.2. The second-order valence-corrected chi connectivity index (χ2v) is 3.73. The quantitative estimate of drug-likeness (QED) is 0.271. The first-order valence-corrected chi connectivity index (χ1v) is 4.61. The van der Waals surface area contributed by atoms with E-state index in [1.165, 1.54) is 0 Å². The van der Waals surface area contributed by atoms with Crippen molar-refractivity contribution in [1.29, 1.82) is 0 Å².